The highest BCUT2D eigenvalue weighted by Crippen LogP contribution is 2.13. The zero-order chi connectivity index (χ0) is 14.7. The Morgan fingerprint density at radius 1 is 1.24 bits per heavy atom. The number of benzene rings is 1. The maximum Gasteiger partial charge on any atom is 0.328 e. The van der Waals surface area contributed by atoms with Crippen LogP contribution in [0, 0.1) is 0 Å². The van der Waals surface area contributed by atoms with Crippen molar-refractivity contribution < 1.29 is 9.90 Å². The fourth-order valence-electron chi connectivity index (χ4n) is 2.10. The van der Waals surface area contributed by atoms with Crippen LogP contribution in [0.2, 0.25) is 0 Å². The fraction of sp³-hybridized carbons (Fsp3) is 0.0625. The summed E-state index contributed by atoms with van der Waals surface area (Å²) >= 11 is 0. The highest BCUT2D eigenvalue weighted by Gasteiger charge is 2.03. The van der Waals surface area contributed by atoms with Crippen LogP contribution in [0.1, 0.15) is 17.0 Å². The Labute approximate surface area is 121 Å². The molecule has 0 aliphatic carbocycles. The largest absolute Gasteiger partial charge is 0.478 e. The van der Waals surface area contributed by atoms with Gasteiger partial charge < -0.3 is 10.1 Å². The standard InChI is InChI=1S/C16H13N3O2/c20-16(21)6-5-11-1-3-12(4-2-11)9-15-18-13-7-8-17-10-14(13)19-15/h1-8,10H,9H2,(H,18,19)(H,20,21)/b6-5+. The average Bonchev–Trinajstić information content (AvgIpc) is 2.88. The first-order chi connectivity index (χ1) is 10.2. The Kier molecular flexibility index (Phi) is 3.47. The smallest absolute Gasteiger partial charge is 0.328 e. The topological polar surface area (TPSA) is 78.9 Å². The number of H-pyrrole nitrogens is 1. The van der Waals surface area contributed by atoms with Gasteiger partial charge >= 0.3 is 5.97 Å². The van der Waals surface area contributed by atoms with Crippen LogP contribution >= 0.6 is 0 Å². The summed E-state index contributed by atoms with van der Waals surface area (Å²) in [6.07, 6.45) is 6.86. The van der Waals surface area contributed by atoms with Crippen molar-refractivity contribution in [2.75, 3.05) is 0 Å². The van der Waals surface area contributed by atoms with Gasteiger partial charge in [0.15, 0.2) is 0 Å². The van der Waals surface area contributed by atoms with E-state index in [0.717, 1.165) is 34.1 Å². The van der Waals surface area contributed by atoms with E-state index >= 15 is 0 Å². The third-order valence-corrected chi connectivity index (χ3v) is 3.10. The van der Waals surface area contributed by atoms with Crippen molar-refractivity contribution in [1.29, 1.82) is 0 Å². The van der Waals surface area contributed by atoms with Crippen LogP contribution < -0.4 is 0 Å². The second kappa shape index (κ2) is 5.58. The molecule has 5 nitrogen and oxygen atoms in total. The van der Waals surface area contributed by atoms with Gasteiger partial charge in [-0.25, -0.2) is 9.78 Å². The molecule has 0 bridgehead atoms. The van der Waals surface area contributed by atoms with Crippen molar-refractivity contribution in [2.45, 2.75) is 6.42 Å². The van der Waals surface area contributed by atoms with Crippen LogP contribution in [0.5, 0.6) is 0 Å². The van der Waals surface area contributed by atoms with E-state index in [-0.39, 0.29) is 0 Å². The molecule has 3 aromatic rings. The first-order valence-corrected chi connectivity index (χ1v) is 6.49. The number of aliphatic carboxylic acids is 1. The molecule has 0 aliphatic heterocycles. The van der Waals surface area contributed by atoms with Gasteiger partial charge in [-0.15, -0.1) is 0 Å². The maximum atomic E-state index is 10.5. The molecule has 5 heteroatoms. The highest BCUT2D eigenvalue weighted by atomic mass is 16.4. The van der Waals surface area contributed by atoms with E-state index < -0.39 is 5.97 Å². The maximum absolute atomic E-state index is 10.5. The van der Waals surface area contributed by atoms with Crippen LogP contribution in [0.3, 0.4) is 0 Å². The summed E-state index contributed by atoms with van der Waals surface area (Å²) in [5.74, 6) is -0.0678. The van der Waals surface area contributed by atoms with Gasteiger partial charge in [-0.2, -0.15) is 0 Å². The number of imidazole rings is 1. The number of carbonyl (C=O) groups is 1. The number of fused-ring (bicyclic) bond motifs is 1. The van der Waals surface area contributed by atoms with Crippen molar-refractivity contribution >= 4 is 23.1 Å². The van der Waals surface area contributed by atoms with Crippen LogP contribution in [-0.4, -0.2) is 26.0 Å². The van der Waals surface area contributed by atoms with Gasteiger partial charge in [0.1, 0.15) is 5.82 Å². The fourth-order valence-corrected chi connectivity index (χ4v) is 2.10. The molecular formula is C16H13N3O2. The zero-order valence-corrected chi connectivity index (χ0v) is 11.2. The number of nitrogens with one attached hydrogen (secondary N) is 1. The molecular weight excluding hydrogens is 266 g/mol. The minimum Gasteiger partial charge on any atom is -0.478 e. The predicted octanol–water partition coefficient (Wildman–Crippen LogP) is 2.65. The van der Waals surface area contributed by atoms with E-state index in [9.17, 15) is 4.79 Å². The van der Waals surface area contributed by atoms with Crippen molar-refractivity contribution in [3.05, 3.63) is 65.8 Å². The van der Waals surface area contributed by atoms with E-state index in [2.05, 4.69) is 15.0 Å². The van der Waals surface area contributed by atoms with Crippen LogP contribution in [-0.2, 0) is 11.2 Å². The van der Waals surface area contributed by atoms with Gasteiger partial charge in [-0.1, -0.05) is 24.3 Å². The number of carboxylic acids is 1. The minimum absolute atomic E-state index is 0.692. The Balaban J connectivity index is 1.77. The van der Waals surface area contributed by atoms with Gasteiger partial charge in [-0.3, -0.25) is 4.98 Å². The van der Waals surface area contributed by atoms with Crippen molar-refractivity contribution in [2.24, 2.45) is 0 Å². The molecule has 2 aromatic heterocycles. The second-order valence-electron chi connectivity index (χ2n) is 4.67. The molecule has 0 atom stereocenters. The van der Waals surface area contributed by atoms with Crippen LogP contribution in [0.4, 0.5) is 0 Å². The molecule has 0 saturated heterocycles. The summed E-state index contributed by atoms with van der Waals surface area (Å²) in [6.45, 7) is 0. The molecule has 0 amide bonds. The molecule has 2 N–H and O–H groups in total. The van der Waals surface area contributed by atoms with Crippen LogP contribution in [0.15, 0.2) is 48.8 Å². The number of aromatic nitrogens is 3. The first-order valence-electron chi connectivity index (χ1n) is 6.49. The summed E-state index contributed by atoms with van der Waals surface area (Å²) in [4.78, 5) is 22.3. The lowest BCUT2D eigenvalue weighted by Gasteiger charge is -1.99. The molecule has 0 radical (unpaired) electrons. The van der Waals surface area contributed by atoms with Gasteiger partial charge in [0.2, 0.25) is 0 Å². The van der Waals surface area contributed by atoms with E-state index in [4.69, 9.17) is 5.11 Å². The highest BCUT2D eigenvalue weighted by molar-refractivity contribution is 5.85. The summed E-state index contributed by atoms with van der Waals surface area (Å²) in [5.41, 5.74) is 3.79. The number of aromatic amines is 1. The minimum atomic E-state index is -0.949. The SMILES string of the molecule is O=C(O)/C=C/c1ccc(Cc2nc3ccncc3[nH]2)cc1. The molecule has 21 heavy (non-hydrogen) atoms. The van der Waals surface area contributed by atoms with E-state index in [1.165, 1.54) is 0 Å². The number of hydrogen-bond acceptors (Lipinski definition) is 3. The lowest BCUT2D eigenvalue weighted by atomic mass is 10.1. The number of carboxylic acid groups (broad SMARTS) is 1. The van der Waals surface area contributed by atoms with Crippen molar-refractivity contribution in [3.8, 4) is 0 Å². The lowest BCUT2D eigenvalue weighted by molar-refractivity contribution is -0.131. The number of hydrogen-bond donors (Lipinski definition) is 2. The second-order valence-corrected chi connectivity index (χ2v) is 4.67. The predicted molar refractivity (Wildman–Crippen MR) is 79.8 cm³/mol. The lowest BCUT2D eigenvalue weighted by Crippen LogP contribution is -1.91. The van der Waals surface area contributed by atoms with Gasteiger partial charge in [-0.05, 0) is 23.3 Å². The Hall–Kier alpha value is -2.95. The molecule has 0 aliphatic rings. The van der Waals surface area contributed by atoms with Crippen molar-refractivity contribution in [1.82, 2.24) is 15.0 Å². The quantitative estimate of drug-likeness (QED) is 0.720. The molecule has 0 spiro atoms. The zero-order valence-electron chi connectivity index (χ0n) is 11.2. The number of nitrogens with zero attached hydrogens (tertiary/aromatic N) is 2. The third kappa shape index (κ3) is 3.14. The van der Waals surface area contributed by atoms with Crippen molar-refractivity contribution in [3.63, 3.8) is 0 Å². The summed E-state index contributed by atoms with van der Waals surface area (Å²) < 4.78 is 0. The van der Waals surface area contributed by atoms with E-state index in [1.54, 1.807) is 18.5 Å². The molecule has 0 fully saturated rings. The molecule has 104 valence electrons. The Morgan fingerprint density at radius 3 is 2.76 bits per heavy atom. The third-order valence-electron chi connectivity index (χ3n) is 3.10. The van der Waals surface area contributed by atoms with Gasteiger partial charge in [0, 0.05) is 18.7 Å². The summed E-state index contributed by atoms with van der Waals surface area (Å²) in [6, 6.07) is 9.58. The van der Waals surface area contributed by atoms with Crippen LogP contribution in [0.25, 0.3) is 17.1 Å². The summed E-state index contributed by atoms with van der Waals surface area (Å²) in [5, 5.41) is 8.59. The molecule has 0 saturated carbocycles. The Bertz CT molecular complexity index is 771. The molecule has 0 unspecified atom stereocenters. The van der Waals surface area contributed by atoms with E-state index in [0.29, 0.717) is 6.42 Å². The molecule has 2 heterocycles. The number of pyridine rings is 1. The molecule has 1 aromatic carbocycles. The molecule has 3 rings (SSSR count). The Morgan fingerprint density at radius 2 is 2.05 bits per heavy atom. The first kappa shape index (κ1) is 13.1. The van der Waals surface area contributed by atoms with Gasteiger partial charge in [0.05, 0.1) is 17.2 Å². The number of rotatable bonds is 4. The average molecular weight is 279 g/mol. The monoisotopic (exact) mass is 279 g/mol. The van der Waals surface area contributed by atoms with E-state index in [1.807, 2.05) is 30.3 Å². The normalized spacial score (nSPS) is 11.2. The summed E-state index contributed by atoms with van der Waals surface area (Å²) in [7, 11) is 0. The van der Waals surface area contributed by atoms with Gasteiger partial charge in [0.25, 0.3) is 0 Å².